The fraction of sp³-hybridized carbons (Fsp3) is 0. The molecule has 0 aliphatic carbocycles. The molecule has 0 aliphatic heterocycles. The fourth-order valence-electron chi connectivity index (χ4n) is 9.56. The van der Waals surface area contributed by atoms with Gasteiger partial charge in [0.2, 0.25) is 0 Å². The highest BCUT2D eigenvalue weighted by Crippen LogP contribution is 2.42. The number of fused-ring (bicyclic) bond motifs is 6. The summed E-state index contributed by atoms with van der Waals surface area (Å²) in [5.41, 5.74) is 15.2. The average molecular weight is 886 g/mol. The molecule has 68 heavy (non-hydrogen) atoms. The highest BCUT2D eigenvalue weighted by Gasteiger charge is 2.21. The van der Waals surface area contributed by atoms with Crippen LogP contribution >= 0.6 is 11.3 Å². The second-order valence-corrected chi connectivity index (χ2v) is 18.3. The Hall–Kier alpha value is -8.77. The zero-order chi connectivity index (χ0) is 45.0. The minimum atomic E-state index is 0.563. The third kappa shape index (κ3) is 7.23. The zero-order valence-corrected chi connectivity index (χ0v) is 37.5. The molecular formula is C63H39N3OS. The number of hydrogen-bond acceptors (Lipinski definition) is 5. The first-order chi connectivity index (χ1) is 33.6. The summed E-state index contributed by atoms with van der Waals surface area (Å²) >= 11 is 1.83. The Kier molecular flexibility index (Phi) is 9.66. The standard InChI is InChI=1S/C63H39N3OS/c1-5-16-40(17-6-1)46-32-47(41-18-7-2-8-19-41)35-50(34-46)61-64-62(51-36-48(42-20-9-3-10-21-42)33-49(37-51)43-22-11-4-12-23-43)66-63(65-61)53-25-15-26-57-60(53)55-39-44(28-30-56(55)67-57)45-29-31-59-54(38-45)52-24-13-14-27-58(52)68-59/h1-39H. The van der Waals surface area contributed by atoms with E-state index in [0.717, 1.165) is 94.3 Å². The van der Waals surface area contributed by atoms with Crippen molar-refractivity contribution in [3.05, 3.63) is 237 Å². The maximum atomic E-state index is 6.64. The van der Waals surface area contributed by atoms with Crippen LogP contribution < -0.4 is 0 Å². The van der Waals surface area contributed by atoms with E-state index < -0.39 is 0 Å². The van der Waals surface area contributed by atoms with Gasteiger partial charge >= 0.3 is 0 Å². The molecule has 4 nitrogen and oxygen atoms in total. The first-order valence-corrected chi connectivity index (χ1v) is 23.6. The van der Waals surface area contributed by atoms with E-state index in [4.69, 9.17) is 19.4 Å². The summed E-state index contributed by atoms with van der Waals surface area (Å²) in [5, 5.41) is 4.51. The van der Waals surface area contributed by atoms with Gasteiger partial charge in [-0.3, -0.25) is 0 Å². The van der Waals surface area contributed by atoms with E-state index in [0.29, 0.717) is 17.5 Å². The van der Waals surface area contributed by atoms with E-state index in [-0.39, 0.29) is 0 Å². The molecule has 0 aliphatic rings. The quantitative estimate of drug-likeness (QED) is 0.153. The highest BCUT2D eigenvalue weighted by molar-refractivity contribution is 7.25. The van der Waals surface area contributed by atoms with Crippen LogP contribution in [0.25, 0.3) is 132 Å². The molecular weight excluding hydrogens is 847 g/mol. The molecule has 0 atom stereocenters. The summed E-state index contributed by atoms with van der Waals surface area (Å²) in [5.74, 6) is 1.72. The van der Waals surface area contributed by atoms with E-state index in [9.17, 15) is 0 Å². The van der Waals surface area contributed by atoms with Crippen LogP contribution in [-0.4, -0.2) is 15.0 Å². The molecule has 13 aromatic rings. The minimum Gasteiger partial charge on any atom is -0.456 e. The molecule has 0 spiro atoms. The van der Waals surface area contributed by atoms with E-state index in [2.05, 4.69) is 224 Å². The van der Waals surface area contributed by atoms with Crippen LogP contribution in [0.2, 0.25) is 0 Å². The average Bonchev–Trinajstić information content (AvgIpc) is 3.99. The number of benzene rings is 10. The van der Waals surface area contributed by atoms with Gasteiger partial charge in [0.1, 0.15) is 11.2 Å². The Balaban J connectivity index is 1.05. The summed E-state index contributed by atoms with van der Waals surface area (Å²) < 4.78 is 9.22. The number of furan rings is 1. The lowest BCUT2D eigenvalue weighted by Crippen LogP contribution is -2.01. The smallest absolute Gasteiger partial charge is 0.164 e. The lowest BCUT2D eigenvalue weighted by atomic mass is 9.95. The predicted octanol–water partition coefficient (Wildman–Crippen LogP) is 17.5. The molecule has 0 unspecified atom stereocenters. The summed E-state index contributed by atoms with van der Waals surface area (Å²) in [6, 6.07) is 83.5. The van der Waals surface area contributed by atoms with E-state index >= 15 is 0 Å². The number of rotatable bonds is 8. The van der Waals surface area contributed by atoms with Crippen molar-refractivity contribution in [1.29, 1.82) is 0 Å². The number of nitrogens with zero attached hydrogens (tertiary/aromatic N) is 3. The van der Waals surface area contributed by atoms with Crippen molar-refractivity contribution in [1.82, 2.24) is 15.0 Å². The molecule has 0 fully saturated rings. The Labute approximate surface area is 397 Å². The lowest BCUT2D eigenvalue weighted by Gasteiger charge is -2.14. The van der Waals surface area contributed by atoms with Gasteiger partial charge in [0.05, 0.1) is 0 Å². The molecule has 0 N–H and O–H groups in total. The lowest BCUT2D eigenvalue weighted by molar-refractivity contribution is 0.669. The summed E-state index contributed by atoms with van der Waals surface area (Å²) in [6.45, 7) is 0. The Morgan fingerprint density at radius 1 is 0.265 bits per heavy atom. The predicted molar refractivity (Wildman–Crippen MR) is 283 cm³/mol. The molecule has 10 aromatic carbocycles. The van der Waals surface area contributed by atoms with Gasteiger partial charge < -0.3 is 4.42 Å². The Morgan fingerprint density at radius 2 is 0.706 bits per heavy atom. The first-order valence-electron chi connectivity index (χ1n) is 22.8. The van der Waals surface area contributed by atoms with Crippen molar-refractivity contribution in [3.63, 3.8) is 0 Å². The van der Waals surface area contributed by atoms with Crippen LogP contribution in [-0.2, 0) is 0 Å². The van der Waals surface area contributed by atoms with Gasteiger partial charge in [0.15, 0.2) is 17.5 Å². The van der Waals surface area contributed by atoms with Gasteiger partial charge in [0, 0.05) is 47.6 Å². The van der Waals surface area contributed by atoms with E-state index in [1.807, 2.05) is 23.5 Å². The summed E-state index contributed by atoms with van der Waals surface area (Å²) in [6.07, 6.45) is 0. The van der Waals surface area contributed by atoms with Crippen LogP contribution in [0.4, 0.5) is 0 Å². The molecule has 3 aromatic heterocycles. The summed E-state index contributed by atoms with van der Waals surface area (Å²) in [4.78, 5) is 16.3. The number of aromatic nitrogens is 3. The van der Waals surface area contributed by atoms with Crippen molar-refractivity contribution >= 4 is 53.4 Å². The molecule has 0 amide bonds. The molecule has 0 radical (unpaired) electrons. The van der Waals surface area contributed by atoms with Gasteiger partial charge in [-0.15, -0.1) is 11.3 Å². The minimum absolute atomic E-state index is 0.563. The first kappa shape index (κ1) is 39.6. The van der Waals surface area contributed by atoms with Crippen molar-refractivity contribution in [2.75, 3.05) is 0 Å². The van der Waals surface area contributed by atoms with Gasteiger partial charge in [-0.1, -0.05) is 164 Å². The Bertz CT molecular complexity index is 3750. The highest BCUT2D eigenvalue weighted by atomic mass is 32.1. The third-order valence-electron chi connectivity index (χ3n) is 12.9. The largest absolute Gasteiger partial charge is 0.456 e. The van der Waals surface area contributed by atoms with Crippen LogP contribution in [0.15, 0.2) is 241 Å². The van der Waals surface area contributed by atoms with Crippen LogP contribution in [0.1, 0.15) is 0 Å². The fourth-order valence-corrected chi connectivity index (χ4v) is 10.6. The molecule has 5 heteroatoms. The van der Waals surface area contributed by atoms with Gasteiger partial charge in [-0.25, -0.2) is 15.0 Å². The molecule has 0 saturated heterocycles. The van der Waals surface area contributed by atoms with Gasteiger partial charge in [-0.05, 0) is 128 Å². The monoisotopic (exact) mass is 885 g/mol. The van der Waals surface area contributed by atoms with Crippen LogP contribution in [0.3, 0.4) is 0 Å². The maximum absolute atomic E-state index is 6.64. The maximum Gasteiger partial charge on any atom is 0.164 e. The van der Waals surface area contributed by atoms with E-state index in [1.54, 1.807) is 0 Å². The van der Waals surface area contributed by atoms with Crippen LogP contribution in [0, 0.1) is 0 Å². The third-order valence-corrected chi connectivity index (χ3v) is 14.0. The normalized spacial score (nSPS) is 11.5. The van der Waals surface area contributed by atoms with Crippen molar-refractivity contribution in [3.8, 4) is 89.8 Å². The second-order valence-electron chi connectivity index (χ2n) is 17.2. The Morgan fingerprint density at radius 3 is 1.25 bits per heavy atom. The van der Waals surface area contributed by atoms with Gasteiger partial charge in [-0.2, -0.15) is 0 Å². The molecule has 13 rings (SSSR count). The van der Waals surface area contributed by atoms with Crippen molar-refractivity contribution < 1.29 is 4.42 Å². The van der Waals surface area contributed by atoms with Crippen molar-refractivity contribution in [2.45, 2.75) is 0 Å². The topological polar surface area (TPSA) is 51.8 Å². The number of thiophene rings is 1. The van der Waals surface area contributed by atoms with E-state index in [1.165, 1.54) is 20.2 Å². The summed E-state index contributed by atoms with van der Waals surface area (Å²) in [7, 11) is 0. The SMILES string of the molecule is c1ccc(-c2cc(-c3ccccc3)cc(-c3nc(-c4cc(-c5ccccc5)cc(-c5ccccc5)c4)nc(-c4cccc5oc6ccc(-c7ccc8sc9ccccc9c8c7)cc6c45)n3)c2)cc1. The number of hydrogen-bond donors (Lipinski definition) is 0. The molecule has 318 valence electrons. The zero-order valence-electron chi connectivity index (χ0n) is 36.7. The van der Waals surface area contributed by atoms with Gasteiger partial charge in [0.25, 0.3) is 0 Å². The van der Waals surface area contributed by atoms with Crippen LogP contribution in [0.5, 0.6) is 0 Å². The van der Waals surface area contributed by atoms with Crippen molar-refractivity contribution in [2.24, 2.45) is 0 Å². The molecule has 0 bridgehead atoms. The second kappa shape index (κ2) is 16.6. The molecule has 0 saturated carbocycles. The molecule has 3 heterocycles.